The lowest BCUT2D eigenvalue weighted by Crippen LogP contribution is -2.39. The van der Waals surface area contributed by atoms with E-state index >= 15 is 0 Å². The van der Waals surface area contributed by atoms with E-state index in [9.17, 15) is 22.8 Å². The largest absolute Gasteiger partial charge is 0.480 e. The minimum absolute atomic E-state index is 0.0862. The Labute approximate surface area is 138 Å². The van der Waals surface area contributed by atoms with Crippen LogP contribution in [-0.4, -0.2) is 44.4 Å². The van der Waals surface area contributed by atoms with Crippen molar-refractivity contribution in [2.75, 3.05) is 18.4 Å². The number of carboxylic acids is 1. The Morgan fingerprint density at radius 3 is 2.54 bits per heavy atom. The van der Waals surface area contributed by atoms with Crippen LogP contribution < -0.4 is 15.4 Å². The second-order valence-corrected chi connectivity index (χ2v) is 7.55. The molecule has 0 fully saturated rings. The van der Waals surface area contributed by atoms with E-state index in [2.05, 4.69) is 10.0 Å². The van der Waals surface area contributed by atoms with Gasteiger partial charge in [0.25, 0.3) is 0 Å². The molecule has 1 aliphatic rings. The van der Waals surface area contributed by atoms with Crippen LogP contribution in [0.4, 0.5) is 5.69 Å². The van der Waals surface area contributed by atoms with Gasteiger partial charge in [0.15, 0.2) is 0 Å². The van der Waals surface area contributed by atoms with Crippen LogP contribution >= 0.6 is 0 Å². The van der Waals surface area contributed by atoms with Crippen molar-refractivity contribution in [3.05, 3.63) is 23.8 Å². The lowest BCUT2D eigenvalue weighted by atomic mass is 9.86. The summed E-state index contributed by atoms with van der Waals surface area (Å²) in [6.45, 7) is 2.17. The van der Waals surface area contributed by atoms with Crippen LogP contribution in [0.25, 0.3) is 0 Å². The molecule has 4 N–H and O–H groups in total. The fourth-order valence-electron chi connectivity index (χ4n) is 2.20. The number of sulfonamides is 1. The highest BCUT2D eigenvalue weighted by Gasteiger charge is 2.39. The summed E-state index contributed by atoms with van der Waals surface area (Å²) in [4.78, 5) is 33.5. The second-order valence-electron chi connectivity index (χ2n) is 5.78. The predicted octanol–water partition coefficient (Wildman–Crippen LogP) is -0.605. The van der Waals surface area contributed by atoms with Crippen molar-refractivity contribution in [3.8, 4) is 0 Å². The Morgan fingerprint density at radius 2 is 1.92 bits per heavy atom. The second kappa shape index (κ2) is 6.21. The zero-order chi connectivity index (χ0) is 18.1. The molecule has 9 nitrogen and oxygen atoms in total. The molecule has 1 aliphatic heterocycles. The molecule has 130 valence electrons. The first-order valence-corrected chi connectivity index (χ1v) is 8.46. The van der Waals surface area contributed by atoms with Crippen molar-refractivity contribution in [1.29, 1.82) is 0 Å². The standard InChI is InChI=1S/C14H17N3O6S/c1-14(2)9-5-8(3-4-10(9)17-13(14)21)24(22,23)16-6-11(18)15-7-12(19)20/h3-5,16H,6-7H2,1-2H3,(H,15,18)(H,17,21)(H,19,20). The smallest absolute Gasteiger partial charge is 0.322 e. The highest BCUT2D eigenvalue weighted by Crippen LogP contribution is 2.38. The van der Waals surface area contributed by atoms with Crippen molar-refractivity contribution < 1.29 is 27.9 Å². The summed E-state index contributed by atoms with van der Waals surface area (Å²) >= 11 is 0. The molecule has 1 aromatic rings. The lowest BCUT2D eigenvalue weighted by molar-refractivity contribution is -0.137. The van der Waals surface area contributed by atoms with Crippen LogP contribution in [0.3, 0.4) is 0 Å². The molecule has 2 rings (SSSR count). The van der Waals surface area contributed by atoms with Gasteiger partial charge in [0.05, 0.1) is 16.9 Å². The van der Waals surface area contributed by atoms with Gasteiger partial charge in [-0.05, 0) is 37.6 Å². The van der Waals surface area contributed by atoms with Gasteiger partial charge in [0, 0.05) is 5.69 Å². The summed E-state index contributed by atoms with van der Waals surface area (Å²) in [6, 6.07) is 4.18. The van der Waals surface area contributed by atoms with Crippen LogP contribution in [-0.2, 0) is 29.8 Å². The van der Waals surface area contributed by atoms with E-state index in [1.165, 1.54) is 18.2 Å². The van der Waals surface area contributed by atoms with Crippen molar-refractivity contribution in [2.45, 2.75) is 24.2 Å². The molecule has 0 saturated carbocycles. The SMILES string of the molecule is CC1(C)C(=O)Nc2ccc(S(=O)(=O)NCC(=O)NCC(=O)O)cc21. The monoisotopic (exact) mass is 355 g/mol. The molecule has 0 unspecified atom stereocenters. The number of carboxylic acid groups (broad SMARTS) is 1. The van der Waals surface area contributed by atoms with Gasteiger partial charge in [0.2, 0.25) is 21.8 Å². The topological polar surface area (TPSA) is 142 Å². The van der Waals surface area contributed by atoms with E-state index in [-0.39, 0.29) is 10.8 Å². The Kier molecular flexibility index (Phi) is 4.63. The summed E-state index contributed by atoms with van der Waals surface area (Å²) in [5.74, 6) is -2.23. The van der Waals surface area contributed by atoms with Crippen LogP contribution in [0, 0.1) is 0 Å². The van der Waals surface area contributed by atoms with Crippen molar-refractivity contribution in [1.82, 2.24) is 10.0 Å². The van der Waals surface area contributed by atoms with Gasteiger partial charge in [-0.25, -0.2) is 13.1 Å². The van der Waals surface area contributed by atoms with Crippen LogP contribution in [0.1, 0.15) is 19.4 Å². The molecule has 0 atom stereocenters. The van der Waals surface area contributed by atoms with E-state index in [1.807, 2.05) is 5.32 Å². The maximum Gasteiger partial charge on any atom is 0.322 e. The van der Waals surface area contributed by atoms with E-state index in [0.29, 0.717) is 11.3 Å². The number of rotatable bonds is 6. The molecule has 10 heteroatoms. The van der Waals surface area contributed by atoms with Crippen LogP contribution in [0.2, 0.25) is 0 Å². The highest BCUT2D eigenvalue weighted by atomic mass is 32.2. The fourth-order valence-corrected chi connectivity index (χ4v) is 3.21. The third kappa shape index (κ3) is 3.54. The number of aliphatic carboxylic acids is 1. The number of carbonyl (C=O) groups is 3. The maximum absolute atomic E-state index is 12.3. The average Bonchev–Trinajstić information content (AvgIpc) is 2.73. The first-order chi connectivity index (χ1) is 11.0. The summed E-state index contributed by atoms with van der Waals surface area (Å²) in [6.07, 6.45) is 0. The quantitative estimate of drug-likeness (QED) is 0.537. The van der Waals surface area contributed by atoms with Crippen molar-refractivity contribution in [3.63, 3.8) is 0 Å². The number of nitrogens with one attached hydrogen (secondary N) is 3. The number of hydrogen-bond acceptors (Lipinski definition) is 5. The molecular weight excluding hydrogens is 338 g/mol. The molecule has 0 radical (unpaired) electrons. The molecule has 1 heterocycles. The van der Waals surface area contributed by atoms with Gasteiger partial charge in [0.1, 0.15) is 6.54 Å². The Bertz CT molecular complexity index is 816. The number of anilines is 1. The Morgan fingerprint density at radius 1 is 1.25 bits per heavy atom. The number of benzene rings is 1. The summed E-state index contributed by atoms with van der Waals surface area (Å²) in [5.41, 5.74) is 0.230. The van der Waals surface area contributed by atoms with Gasteiger partial charge in [-0.1, -0.05) is 0 Å². The molecule has 2 amide bonds. The Hall–Kier alpha value is -2.46. The normalized spacial score (nSPS) is 15.5. The number of fused-ring (bicyclic) bond motifs is 1. The first-order valence-electron chi connectivity index (χ1n) is 6.98. The van der Waals surface area contributed by atoms with Gasteiger partial charge in [-0.15, -0.1) is 0 Å². The number of hydrogen-bond donors (Lipinski definition) is 4. The first kappa shape index (κ1) is 17.9. The molecular formula is C14H17N3O6S. The average molecular weight is 355 g/mol. The minimum atomic E-state index is -3.98. The van der Waals surface area contributed by atoms with Crippen molar-refractivity contribution >= 4 is 33.5 Å². The van der Waals surface area contributed by atoms with Gasteiger partial charge < -0.3 is 15.7 Å². The summed E-state index contributed by atoms with van der Waals surface area (Å²) in [7, 11) is -3.98. The van der Waals surface area contributed by atoms with E-state index in [1.54, 1.807) is 13.8 Å². The third-order valence-electron chi connectivity index (χ3n) is 3.65. The summed E-state index contributed by atoms with van der Waals surface area (Å²) < 4.78 is 26.6. The molecule has 0 saturated heterocycles. The number of amides is 2. The predicted molar refractivity (Wildman–Crippen MR) is 83.9 cm³/mol. The summed E-state index contributed by atoms with van der Waals surface area (Å²) in [5, 5.41) is 13.2. The van der Waals surface area contributed by atoms with Gasteiger partial charge >= 0.3 is 5.97 Å². The maximum atomic E-state index is 12.3. The number of carbonyl (C=O) groups excluding carboxylic acids is 2. The molecule has 0 spiro atoms. The van der Waals surface area contributed by atoms with Crippen LogP contribution in [0.15, 0.2) is 23.1 Å². The van der Waals surface area contributed by atoms with Gasteiger partial charge in [-0.3, -0.25) is 14.4 Å². The molecule has 0 aromatic heterocycles. The zero-order valence-corrected chi connectivity index (χ0v) is 13.9. The van der Waals surface area contributed by atoms with E-state index in [4.69, 9.17) is 5.11 Å². The lowest BCUT2D eigenvalue weighted by Gasteiger charge is -2.16. The van der Waals surface area contributed by atoms with E-state index < -0.39 is 40.4 Å². The zero-order valence-electron chi connectivity index (χ0n) is 13.0. The van der Waals surface area contributed by atoms with Crippen molar-refractivity contribution in [2.24, 2.45) is 0 Å². The highest BCUT2D eigenvalue weighted by molar-refractivity contribution is 7.89. The molecule has 1 aromatic carbocycles. The Balaban J connectivity index is 2.14. The minimum Gasteiger partial charge on any atom is -0.480 e. The van der Waals surface area contributed by atoms with Crippen LogP contribution in [0.5, 0.6) is 0 Å². The van der Waals surface area contributed by atoms with E-state index in [0.717, 1.165) is 0 Å². The molecule has 0 bridgehead atoms. The fraction of sp³-hybridized carbons (Fsp3) is 0.357. The van der Waals surface area contributed by atoms with Gasteiger partial charge in [-0.2, -0.15) is 0 Å². The molecule has 0 aliphatic carbocycles. The third-order valence-corrected chi connectivity index (χ3v) is 5.05. The molecule has 24 heavy (non-hydrogen) atoms.